The summed E-state index contributed by atoms with van der Waals surface area (Å²) in [5.41, 5.74) is 5.73. The predicted molar refractivity (Wildman–Crippen MR) is 47.0 cm³/mol. The van der Waals surface area contributed by atoms with Gasteiger partial charge in [-0.2, -0.15) is 0 Å². The Morgan fingerprint density at radius 2 is 2.15 bits per heavy atom. The van der Waals surface area contributed by atoms with E-state index >= 15 is 0 Å². The molecule has 0 spiro atoms. The van der Waals surface area contributed by atoms with Gasteiger partial charge in [0.1, 0.15) is 6.61 Å². The maximum Gasteiger partial charge on any atom is 0.242 e. The Hall–Kier alpha value is -0.940. The third-order valence-corrected chi connectivity index (χ3v) is 1.74. The lowest BCUT2D eigenvalue weighted by molar-refractivity contribution is 0.158. The molecule has 0 saturated carbocycles. The molecule has 13 heavy (non-hydrogen) atoms. The topological polar surface area (TPSA) is 74.2 Å². The summed E-state index contributed by atoms with van der Waals surface area (Å²) in [4.78, 5) is 0. The number of nitrogens with zero attached hydrogens (tertiary/aromatic N) is 2. The predicted octanol–water partition coefficient (Wildman–Crippen LogP) is 0.496. The van der Waals surface area contributed by atoms with Gasteiger partial charge in [0.15, 0.2) is 0 Å². The van der Waals surface area contributed by atoms with Gasteiger partial charge in [-0.1, -0.05) is 6.92 Å². The van der Waals surface area contributed by atoms with Crippen molar-refractivity contribution in [3.63, 3.8) is 0 Å². The van der Waals surface area contributed by atoms with Crippen molar-refractivity contribution in [3.05, 3.63) is 11.8 Å². The SMILES string of the molecule is CC[C@H](N)Cc1nnc(COC)o1. The van der Waals surface area contributed by atoms with Crippen LogP contribution in [0.4, 0.5) is 0 Å². The van der Waals surface area contributed by atoms with Gasteiger partial charge in [0.05, 0.1) is 0 Å². The maximum atomic E-state index is 5.73. The van der Waals surface area contributed by atoms with Crippen molar-refractivity contribution in [2.75, 3.05) is 7.11 Å². The van der Waals surface area contributed by atoms with Crippen LogP contribution in [0.25, 0.3) is 0 Å². The molecule has 1 heterocycles. The van der Waals surface area contributed by atoms with Crippen LogP contribution < -0.4 is 5.73 Å². The van der Waals surface area contributed by atoms with E-state index in [0.29, 0.717) is 24.8 Å². The average Bonchev–Trinajstić information content (AvgIpc) is 2.53. The second-order valence-corrected chi connectivity index (χ2v) is 2.90. The monoisotopic (exact) mass is 185 g/mol. The Labute approximate surface area is 77.3 Å². The van der Waals surface area contributed by atoms with E-state index in [-0.39, 0.29) is 6.04 Å². The van der Waals surface area contributed by atoms with E-state index in [2.05, 4.69) is 10.2 Å². The first-order valence-electron chi connectivity index (χ1n) is 4.32. The van der Waals surface area contributed by atoms with Crippen molar-refractivity contribution in [1.29, 1.82) is 0 Å². The smallest absolute Gasteiger partial charge is 0.242 e. The highest BCUT2D eigenvalue weighted by Gasteiger charge is 2.08. The van der Waals surface area contributed by atoms with E-state index in [1.54, 1.807) is 7.11 Å². The van der Waals surface area contributed by atoms with Crippen LogP contribution in [0, 0.1) is 0 Å². The van der Waals surface area contributed by atoms with Gasteiger partial charge in [0.25, 0.3) is 0 Å². The number of aromatic nitrogens is 2. The molecule has 0 aliphatic carbocycles. The molecule has 0 aliphatic rings. The Balaban J connectivity index is 2.48. The molecule has 0 saturated heterocycles. The summed E-state index contributed by atoms with van der Waals surface area (Å²) >= 11 is 0. The zero-order valence-corrected chi connectivity index (χ0v) is 7.99. The largest absolute Gasteiger partial charge is 0.423 e. The maximum absolute atomic E-state index is 5.73. The van der Waals surface area contributed by atoms with Gasteiger partial charge in [0, 0.05) is 19.6 Å². The lowest BCUT2D eigenvalue weighted by Gasteiger charge is -2.02. The lowest BCUT2D eigenvalue weighted by atomic mass is 10.2. The summed E-state index contributed by atoms with van der Waals surface area (Å²) in [6.45, 7) is 2.38. The molecule has 5 heteroatoms. The second kappa shape index (κ2) is 4.94. The van der Waals surface area contributed by atoms with Gasteiger partial charge in [0.2, 0.25) is 11.8 Å². The fourth-order valence-electron chi connectivity index (χ4n) is 0.921. The lowest BCUT2D eigenvalue weighted by Crippen LogP contribution is -2.21. The molecule has 0 radical (unpaired) electrons. The summed E-state index contributed by atoms with van der Waals surface area (Å²) in [6.07, 6.45) is 1.54. The van der Waals surface area contributed by atoms with Gasteiger partial charge in [-0.25, -0.2) is 0 Å². The number of hydrogen-bond acceptors (Lipinski definition) is 5. The van der Waals surface area contributed by atoms with Crippen molar-refractivity contribution in [2.24, 2.45) is 5.73 Å². The number of nitrogens with two attached hydrogens (primary N) is 1. The first-order valence-corrected chi connectivity index (χ1v) is 4.32. The summed E-state index contributed by atoms with van der Waals surface area (Å²) < 4.78 is 10.1. The number of rotatable bonds is 5. The molecule has 5 nitrogen and oxygen atoms in total. The number of ether oxygens (including phenoxy) is 1. The van der Waals surface area contributed by atoms with Crippen molar-refractivity contribution in [1.82, 2.24) is 10.2 Å². The molecule has 1 aromatic rings. The van der Waals surface area contributed by atoms with Crippen LogP contribution >= 0.6 is 0 Å². The first kappa shape index (κ1) is 10.1. The minimum absolute atomic E-state index is 0.0934. The number of methoxy groups -OCH3 is 1. The minimum atomic E-state index is 0.0934. The summed E-state index contributed by atoms with van der Waals surface area (Å²) in [6, 6.07) is 0.0934. The van der Waals surface area contributed by atoms with Crippen LogP contribution in [0.3, 0.4) is 0 Å². The van der Waals surface area contributed by atoms with Crippen molar-refractivity contribution >= 4 is 0 Å². The van der Waals surface area contributed by atoms with Gasteiger partial charge < -0.3 is 14.9 Å². The van der Waals surface area contributed by atoms with E-state index in [9.17, 15) is 0 Å². The van der Waals surface area contributed by atoms with Crippen LogP contribution in [0.5, 0.6) is 0 Å². The highest BCUT2D eigenvalue weighted by Crippen LogP contribution is 2.04. The van der Waals surface area contributed by atoms with E-state index in [1.807, 2.05) is 6.92 Å². The molecule has 0 fully saturated rings. The van der Waals surface area contributed by atoms with Crippen molar-refractivity contribution in [2.45, 2.75) is 32.4 Å². The highest BCUT2D eigenvalue weighted by atomic mass is 16.5. The van der Waals surface area contributed by atoms with E-state index in [1.165, 1.54) is 0 Å². The molecule has 1 aromatic heterocycles. The summed E-state index contributed by atoms with van der Waals surface area (Å²) in [7, 11) is 1.58. The third-order valence-electron chi connectivity index (χ3n) is 1.74. The molecule has 0 aliphatic heterocycles. The molecule has 2 N–H and O–H groups in total. The normalized spacial score (nSPS) is 13.2. The summed E-state index contributed by atoms with van der Waals surface area (Å²) in [5, 5.41) is 7.64. The average molecular weight is 185 g/mol. The van der Waals surface area contributed by atoms with E-state index in [0.717, 1.165) is 6.42 Å². The summed E-state index contributed by atoms with van der Waals surface area (Å²) in [5.74, 6) is 1.09. The molecule has 74 valence electrons. The Kier molecular flexibility index (Phi) is 3.85. The Morgan fingerprint density at radius 1 is 1.46 bits per heavy atom. The van der Waals surface area contributed by atoms with Crippen molar-refractivity contribution < 1.29 is 9.15 Å². The van der Waals surface area contributed by atoms with Crippen LogP contribution in [0.15, 0.2) is 4.42 Å². The van der Waals surface area contributed by atoms with Crippen molar-refractivity contribution in [3.8, 4) is 0 Å². The molecule has 1 rings (SSSR count). The zero-order valence-electron chi connectivity index (χ0n) is 7.99. The quantitative estimate of drug-likeness (QED) is 0.722. The van der Waals surface area contributed by atoms with Crippen LogP contribution in [-0.2, 0) is 17.8 Å². The molecule has 0 unspecified atom stereocenters. The number of hydrogen-bond donors (Lipinski definition) is 1. The third kappa shape index (κ3) is 3.12. The van der Waals surface area contributed by atoms with Crippen LogP contribution in [0.1, 0.15) is 25.1 Å². The standard InChI is InChI=1S/C8H15N3O2/c1-3-6(9)4-7-10-11-8(13-7)5-12-2/h6H,3-5,9H2,1-2H3/t6-/m0/s1. The molecule has 0 aromatic carbocycles. The molecule has 0 amide bonds. The van der Waals surface area contributed by atoms with Gasteiger partial charge in [-0.15, -0.1) is 10.2 Å². The van der Waals surface area contributed by atoms with E-state index < -0.39 is 0 Å². The molecular formula is C8H15N3O2. The minimum Gasteiger partial charge on any atom is -0.423 e. The zero-order chi connectivity index (χ0) is 9.68. The fraction of sp³-hybridized carbons (Fsp3) is 0.750. The highest BCUT2D eigenvalue weighted by molar-refractivity contribution is 4.83. The molecule has 1 atom stereocenters. The molecule has 0 bridgehead atoms. The Bertz CT molecular complexity index is 249. The Morgan fingerprint density at radius 3 is 2.77 bits per heavy atom. The van der Waals surface area contributed by atoms with E-state index in [4.69, 9.17) is 14.9 Å². The van der Waals surface area contributed by atoms with Crippen LogP contribution in [-0.4, -0.2) is 23.3 Å². The van der Waals surface area contributed by atoms with Gasteiger partial charge in [-0.3, -0.25) is 0 Å². The van der Waals surface area contributed by atoms with Crippen LogP contribution in [0.2, 0.25) is 0 Å². The first-order chi connectivity index (χ1) is 6.26. The van der Waals surface area contributed by atoms with Gasteiger partial charge >= 0.3 is 0 Å². The second-order valence-electron chi connectivity index (χ2n) is 2.90. The molecular weight excluding hydrogens is 170 g/mol. The van der Waals surface area contributed by atoms with Gasteiger partial charge in [-0.05, 0) is 6.42 Å². The fourth-order valence-corrected chi connectivity index (χ4v) is 0.921.